The first-order valence-corrected chi connectivity index (χ1v) is 35.2. The molecule has 6 N–H and O–H groups in total. The molecule has 1 saturated heterocycles. The average molecular weight is 1180 g/mol. The van der Waals surface area contributed by atoms with Gasteiger partial charge >= 0.3 is 5.97 Å². The maximum absolute atomic E-state index is 13.0. The summed E-state index contributed by atoms with van der Waals surface area (Å²) in [6.07, 6.45) is 73.3. The van der Waals surface area contributed by atoms with E-state index in [1.54, 1.807) is 6.08 Å². The lowest BCUT2D eigenvalue weighted by Gasteiger charge is -2.40. The van der Waals surface area contributed by atoms with E-state index in [0.717, 1.165) is 77.0 Å². The van der Waals surface area contributed by atoms with Crippen molar-refractivity contribution in [3.8, 4) is 0 Å². The van der Waals surface area contributed by atoms with Crippen molar-refractivity contribution < 1.29 is 49.3 Å². The number of hydrogen-bond acceptors (Lipinski definition) is 10. The Hall–Kier alpha value is -2.90. The van der Waals surface area contributed by atoms with Crippen LogP contribution in [0.4, 0.5) is 0 Å². The molecule has 488 valence electrons. The number of esters is 1. The zero-order chi connectivity index (χ0) is 60.9. The van der Waals surface area contributed by atoms with Crippen LogP contribution < -0.4 is 5.32 Å². The van der Waals surface area contributed by atoms with Crippen LogP contribution in [-0.2, 0) is 23.8 Å². The number of carbonyl (C=O) groups excluding carboxylic acids is 2. The van der Waals surface area contributed by atoms with Gasteiger partial charge in [0.15, 0.2) is 6.29 Å². The summed E-state index contributed by atoms with van der Waals surface area (Å²) in [6, 6.07) is -0.834. The molecule has 0 bridgehead atoms. The molecule has 0 aromatic carbocycles. The fraction of sp³-hybridized carbons (Fsp3) is 0.808. The number of nitrogens with one attached hydrogen (secondary N) is 1. The van der Waals surface area contributed by atoms with Gasteiger partial charge in [0.25, 0.3) is 0 Å². The Labute approximate surface area is 515 Å². The molecule has 1 aliphatic rings. The van der Waals surface area contributed by atoms with Gasteiger partial charge in [-0.15, -0.1) is 0 Å². The van der Waals surface area contributed by atoms with E-state index in [9.17, 15) is 35.1 Å². The van der Waals surface area contributed by atoms with Crippen molar-refractivity contribution in [2.45, 2.75) is 358 Å². The van der Waals surface area contributed by atoms with Crippen LogP contribution in [-0.4, -0.2) is 100 Å². The number of aliphatic hydroxyl groups is 5. The zero-order valence-corrected chi connectivity index (χ0v) is 54.1. The highest BCUT2D eigenvalue weighted by atomic mass is 16.7. The molecule has 0 spiro atoms. The molecule has 0 saturated carbocycles. The Morgan fingerprint density at radius 2 is 0.810 bits per heavy atom. The maximum atomic E-state index is 13.0. The van der Waals surface area contributed by atoms with Gasteiger partial charge in [0.1, 0.15) is 24.4 Å². The number of aliphatic hydroxyl groups excluding tert-OH is 5. The number of carbonyl (C=O) groups is 2. The van der Waals surface area contributed by atoms with E-state index in [4.69, 9.17) is 14.2 Å². The van der Waals surface area contributed by atoms with Crippen LogP contribution in [0.3, 0.4) is 0 Å². The van der Waals surface area contributed by atoms with Crippen LogP contribution in [0.15, 0.2) is 72.9 Å². The summed E-state index contributed by atoms with van der Waals surface area (Å²) in [5.41, 5.74) is 0. The minimum absolute atomic E-state index is 0.00514. The number of hydrogen-bond donors (Lipinski definition) is 6. The molecule has 84 heavy (non-hydrogen) atoms. The Kier molecular flexibility index (Phi) is 58.1. The molecule has 0 aromatic rings. The number of allylic oxidation sites excluding steroid dienone is 11. The Morgan fingerprint density at radius 3 is 1.25 bits per heavy atom. The molecule has 1 heterocycles. The van der Waals surface area contributed by atoms with Crippen molar-refractivity contribution in [3.05, 3.63) is 72.9 Å². The van der Waals surface area contributed by atoms with Crippen LogP contribution in [0, 0.1) is 0 Å². The highest BCUT2D eigenvalue weighted by Gasteiger charge is 2.44. The molecule has 11 heteroatoms. The summed E-state index contributed by atoms with van der Waals surface area (Å²) in [5, 5.41) is 54.4. The fourth-order valence-electron chi connectivity index (χ4n) is 10.6. The smallest absolute Gasteiger partial charge is 0.305 e. The van der Waals surface area contributed by atoms with Gasteiger partial charge in [0.05, 0.1) is 32.0 Å². The summed E-state index contributed by atoms with van der Waals surface area (Å²) in [6.45, 7) is 4.25. The van der Waals surface area contributed by atoms with Gasteiger partial charge in [-0.05, 0) is 103 Å². The largest absolute Gasteiger partial charge is 0.466 e. The second kappa shape index (κ2) is 61.7. The lowest BCUT2D eigenvalue weighted by atomic mass is 9.99. The number of unbranched alkanes of at least 4 members (excludes halogenated alkanes) is 37. The summed E-state index contributed by atoms with van der Waals surface area (Å²) < 4.78 is 16.7. The molecule has 1 amide bonds. The van der Waals surface area contributed by atoms with Gasteiger partial charge in [0, 0.05) is 12.8 Å². The highest BCUT2D eigenvalue weighted by Crippen LogP contribution is 2.23. The fourth-order valence-corrected chi connectivity index (χ4v) is 10.6. The van der Waals surface area contributed by atoms with Crippen molar-refractivity contribution in [1.29, 1.82) is 0 Å². The van der Waals surface area contributed by atoms with Crippen LogP contribution in [0.1, 0.15) is 316 Å². The zero-order valence-electron chi connectivity index (χ0n) is 54.1. The third-order valence-corrected chi connectivity index (χ3v) is 16.2. The number of rotatable bonds is 61. The summed E-state index contributed by atoms with van der Waals surface area (Å²) in [4.78, 5) is 25.1. The van der Waals surface area contributed by atoms with Gasteiger partial charge in [-0.2, -0.15) is 0 Å². The van der Waals surface area contributed by atoms with E-state index >= 15 is 0 Å². The van der Waals surface area contributed by atoms with E-state index in [0.29, 0.717) is 19.4 Å². The van der Waals surface area contributed by atoms with Crippen molar-refractivity contribution in [2.75, 3.05) is 19.8 Å². The molecule has 1 rings (SSSR count). The van der Waals surface area contributed by atoms with E-state index in [1.807, 2.05) is 6.08 Å². The Balaban J connectivity index is 1.97. The van der Waals surface area contributed by atoms with E-state index in [-0.39, 0.29) is 18.5 Å². The van der Waals surface area contributed by atoms with Gasteiger partial charge in [-0.1, -0.05) is 273 Å². The van der Waals surface area contributed by atoms with Crippen molar-refractivity contribution >= 4 is 11.9 Å². The summed E-state index contributed by atoms with van der Waals surface area (Å²) in [7, 11) is 0. The highest BCUT2D eigenvalue weighted by molar-refractivity contribution is 5.76. The predicted octanol–water partition coefficient (Wildman–Crippen LogP) is 17.9. The predicted molar refractivity (Wildman–Crippen MR) is 352 cm³/mol. The molecular formula is C73H131NO10. The molecule has 7 atom stereocenters. The van der Waals surface area contributed by atoms with Gasteiger partial charge in [0.2, 0.25) is 5.91 Å². The van der Waals surface area contributed by atoms with Crippen molar-refractivity contribution in [2.24, 2.45) is 0 Å². The van der Waals surface area contributed by atoms with E-state index in [2.05, 4.69) is 79.9 Å². The Morgan fingerprint density at radius 1 is 0.440 bits per heavy atom. The number of ether oxygens (including phenoxy) is 3. The minimum Gasteiger partial charge on any atom is -0.466 e. The molecule has 11 nitrogen and oxygen atoms in total. The average Bonchev–Trinajstić information content (AvgIpc) is 3.70. The number of amides is 1. The lowest BCUT2D eigenvalue weighted by molar-refractivity contribution is -0.302. The first kappa shape index (κ1) is 79.1. The quantitative estimate of drug-likeness (QED) is 0.0195. The standard InChI is InChI=1S/C73H131NO10/c1-3-5-7-9-11-13-15-40-43-47-51-55-59-66(76)65(64-83-73-72(81)71(80)70(79)67(63-75)84-73)74-68(77)60-56-52-48-44-41-37-35-33-31-29-27-25-23-21-19-17-16-18-20-22-24-26-28-30-32-34-36-38-42-46-50-54-58-62-82-69(78)61-57-53-49-45-39-14-12-10-8-6-4-2/h9-12,20,22,26,28,40,43,55,59,65-67,70-73,75-76,79-81H,3-8,13-19,21,23-25,27,29-39,41-42,44-54,56-58,60-64H2,1-2H3,(H,74,77)/b11-9+,12-10-,22-20-,28-26-,43-40+,59-55+. The van der Waals surface area contributed by atoms with Crippen LogP contribution in [0.5, 0.6) is 0 Å². The second-order valence-electron chi connectivity index (χ2n) is 24.2. The van der Waals surface area contributed by atoms with Gasteiger partial charge in [-0.25, -0.2) is 0 Å². The third kappa shape index (κ3) is 50.1. The maximum Gasteiger partial charge on any atom is 0.305 e. The van der Waals surface area contributed by atoms with Crippen LogP contribution in [0.25, 0.3) is 0 Å². The first-order chi connectivity index (χ1) is 41.2. The first-order valence-electron chi connectivity index (χ1n) is 35.2. The monoisotopic (exact) mass is 1180 g/mol. The van der Waals surface area contributed by atoms with Crippen molar-refractivity contribution in [1.82, 2.24) is 5.32 Å². The van der Waals surface area contributed by atoms with Crippen LogP contribution >= 0.6 is 0 Å². The molecule has 0 aromatic heterocycles. The van der Waals surface area contributed by atoms with Gasteiger partial charge < -0.3 is 45.1 Å². The molecule has 0 radical (unpaired) electrons. The lowest BCUT2D eigenvalue weighted by Crippen LogP contribution is -2.60. The normalized spacial score (nSPS) is 18.5. The molecule has 1 aliphatic heterocycles. The summed E-state index contributed by atoms with van der Waals surface area (Å²) in [5.74, 6) is -0.201. The SMILES string of the molecule is CCCC/C=C\CCCCCCCC(=O)OCCCCCCCCCCC/C=C\C/C=C\CCCCCCCCCCCCCCCCCCCC(=O)NC(COC1OC(CO)C(O)C(O)C1O)C(O)/C=C/CC/C=C/CC/C=C/CCCC. The van der Waals surface area contributed by atoms with Crippen LogP contribution in [0.2, 0.25) is 0 Å². The van der Waals surface area contributed by atoms with Gasteiger partial charge in [-0.3, -0.25) is 9.59 Å². The van der Waals surface area contributed by atoms with Crippen molar-refractivity contribution in [3.63, 3.8) is 0 Å². The van der Waals surface area contributed by atoms with E-state index in [1.165, 1.54) is 212 Å². The second-order valence-corrected chi connectivity index (χ2v) is 24.2. The molecule has 7 unspecified atom stereocenters. The molecular weight excluding hydrogens is 1050 g/mol. The Bertz CT molecular complexity index is 1630. The van der Waals surface area contributed by atoms with E-state index < -0.39 is 49.5 Å². The topological polar surface area (TPSA) is 175 Å². The summed E-state index contributed by atoms with van der Waals surface area (Å²) >= 11 is 0. The molecule has 0 aliphatic carbocycles. The minimum atomic E-state index is -1.58. The third-order valence-electron chi connectivity index (χ3n) is 16.2. The molecule has 1 fully saturated rings.